The number of halogens is 1. The lowest BCUT2D eigenvalue weighted by Gasteiger charge is -2.19. The molecule has 0 atom stereocenters. The Labute approximate surface area is 166 Å². The molecule has 1 N–H and O–H groups in total. The van der Waals surface area contributed by atoms with E-state index in [0.717, 1.165) is 35.4 Å². The smallest absolute Gasteiger partial charge is 0.262 e. The number of thiazole rings is 1. The van der Waals surface area contributed by atoms with E-state index >= 15 is 0 Å². The fourth-order valence-corrected chi connectivity index (χ4v) is 4.01. The minimum Gasteiger partial charge on any atom is -0.482 e. The summed E-state index contributed by atoms with van der Waals surface area (Å²) < 4.78 is 20.8. The number of carbonyl (C=O) groups is 1. The number of anilines is 1. The molecule has 4 rings (SSSR count). The molecule has 3 aromatic rings. The van der Waals surface area contributed by atoms with Crippen LogP contribution in [0.4, 0.5) is 15.8 Å². The second-order valence-electron chi connectivity index (χ2n) is 6.54. The molecular formula is C21H20FN3O2S. The number of rotatable bonds is 5. The number of ether oxygens (including phenoxy) is 1. The third-order valence-corrected chi connectivity index (χ3v) is 5.36. The van der Waals surface area contributed by atoms with Crippen LogP contribution in [-0.2, 0) is 11.3 Å². The molecule has 0 radical (unpaired) electrons. The van der Waals surface area contributed by atoms with Crippen LogP contribution >= 0.6 is 11.3 Å². The number of amides is 1. The average Bonchev–Trinajstić information content (AvgIpc) is 3.09. The van der Waals surface area contributed by atoms with Crippen LogP contribution in [0.2, 0.25) is 0 Å². The van der Waals surface area contributed by atoms with Crippen LogP contribution < -0.4 is 14.9 Å². The molecule has 1 aliphatic heterocycles. The predicted octanol–water partition coefficient (Wildman–Crippen LogP) is 4.72. The first-order chi connectivity index (χ1) is 13.6. The molecule has 0 bridgehead atoms. The highest BCUT2D eigenvalue weighted by Crippen LogP contribution is 2.33. The Bertz CT molecular complexity index is 1070. The molecular weight excluding hydrogens is 377 g/mol. The lowest BCUT2D eigenvalue weighted by Crippen LogP contribution is -2.25. The molecule has 28 heavy (non-hydrogen) atoms. The molecule has 2 aromatic carbocycles. The van der Waals surface area contributed by atoms with E-state index in [1.54, 1.807) is 23.5 Å². The maximum absolute atomic E-state index is 13.2. The second kappa shape index (κ2) is 7.98. The summed E-state index contributed by atoms with van der Waals surface area (Å²) in [6.07, 6.45) is 2.08. The Morgan fingerprint density at radius 1 is 1.25 bits per heavy atom. The van der Waals surface area contributed by atoms with E-state index in [4.69, 9.17) is 9.73 Å². The standard InChI is InChI=1S/C21H20FN3O2S/c1-2-3-10-25-18(13-28-21(25)23-16-7-5-15(22)6-8-16)14-4-9-19-17(11-14)24-20(26)12-27-19/h4-9,11,13H,2-3,10,12H2,1H3,(H,24,26). The molecule has 2 heterocycles. The number of unbranched alkanes of at least 4 members (excludes halogenated alkanes) is 1. The van der Waals surface area contributed by atoms with Crippen molar-refractivity contribution in [2.45, 2.75) is 26.3 Å². The van der Waals surface area contributed by atoms with Crippen LogP contribution in [-0.4, -0.2) is 17.1 Å². The van der Waals surface area contributed by atoms with Crippen molar-refractivity contribution in [2.24, 2.45) is 4.99 Å². The topological polar surface area (TPSA) is 55.6 Å². The van der Waals surface area contributed by atoms with Gasteiger partial charge in [0.1, 0.15) is 11.6 Å². The van der Waals surface area contributed by atoms with Crippen molar-refractivity contribution in [3.8, 4) is 17.0 Å². The zero-order valence-electron chi connectivity index (χ0n) is 15.4. The molecule has 0 spiro atoms. The Morgan fingerprint density at radius 3 is 2.86 bits per heavy atom. The maximum atomic E-state index is 13.2. The molecule has 5 nitrogen and oxygen atoms in total. The van der Waals surface area contributed by atoms with Crippen LogP contribution in [0.25, 0.3) is 11.3 Å². The summed E-state index contributed by atoms with van der Waals surface area (Å²) in [6.45, 7) is 3.02. The van der Waals surface area contributed by atoms with Crippen LogP contribution in [0, 0.1) is 5.82 Å². The van der Waals surface area contributed by atoms with Gasteiger partial charge in [0.15, 0.2) is 11.4 Å². The molecule has 1 aromatic heterocycles. The summed E-state index contributed by atoms with van der Waals surface area (Å²) in [5.74, 6) is 0.249. The zero-order chi connectivity index (χ0) is 19.5. The average molecular weight is 397 g/mol. The molecule has 0 saturated carbocycles. The minimum absolute atomic E-state index is 0.0436. The molecule has 0 saturated heterocycles. The SMILES string of the molecule is CCCCn1c(-c2ccc3c(c2)NC(=O)CO3)csc1=Nc1ccc(F)cc1. The number of nitrogens with zero attached hydrogens (tertiary/aromatic N) is 2. The second-order valence-corrected chi connectivity index (χ2v) is 7.38. The summed E-state index contributed by atoms with van der Waals surface area (Å²) in [5, 5.41) is 4.92. The first-order valence-electron chi connectivity index (χ1n) is 9.20. The van der Waals surface area contributed by atoms with Gasteiger partial charge in [-0.1, -0.05) is 13.3 Å². The maximum Gasteiger partial charge on any atom is 0.262 e. The lowest BCUT2D eigenvalue weighted by atomic mass is 10.1. The van der Waals surface area contributed by atoms with Crippen molar-refractivity contribution in [3.63, 3.8) is 0 Å². The highest BCUT2D eigenvalue weighted by Gasteiger charge is 2.17. The summed E-state index contributed by atoms with van der Waals surface area (Å²) in [7, 11) is 0. The molecule has 0 aliphatic carbocycles. The predicted molar refractivity (Wildman–Crippen MR) is 108 cm³/mol. The zero-order valence-corrected chi connectivity index (χ0v) is 16.3. The van der Waals surface area contributed by atoms with Gasteiger partial charge in [0.25, 0.3) is 5.91 Å². The van der Waals surface area contributed by atoms with E-state index < -0.39 is 0 Å². The summed E-state index contributed by atoms with van der Waals surface area (Å²) >= 11 is 1.54. The molecule has 7 heteroatoms. The highest BCUT2D eigenvalue weighted by molar-refractivity contribution is 7.07. The van der Waals surface area contributed by atoms with Gasteiger partial charge in [-0.25, -0.2) is 9.38 Å². The quantitative estimate of drug-likeness (QED) is 0.677. The molecule has 0 fully saturated rings. The Hall–Kier alpha value is -2.93. The number of aromatic nitrogens is 1. The number of carbonyl (C=O) groups excluding carboxylic acids is 1. The van der Waals surface area contributed by atoms with Gasteiger partial charge in [-0.2, -0.15) is 0 Å². The number of hydrogen-bond acceptors (Lipinski definition) is 4. The fraction of sp³-hybridized carbons (Fsp3) is 0.238. The lowest BCUT2D eigenvalue weighted by molar-refractivity contribution is -0.118. The Balaban J connectivity index is 1.77. The molecule has 1 amide bonds. The van der Waals surface area contributed by atoms with Crippen molar-refractivity contribution in [1.29, 1.82) is 0 Å². The van der Waals surface area contributed by atoms with E-state index in [9.17, 15) is 9.18 Å². The fourth-order valence-electron chi connectivity index (χ4n) is 3.05. The van der Waals surface area contributed by atoms with E-state index in [0.29, 0.717) is 17.1 Å². The third kappa shape index (κ3) is 3.84. The Morgan fingerprint density at radius 2 is 2.07 bits per heavy atom. The van der Waals surface area contributed by atoms with Gasteiger partial charge in [-0.3, -0.25) is 4.79 Å². The number of fused-ring (bicyclic) bond motifs is 1. The molecule has 1 aliphatic rings. The summed E-state index contributed by atoms with van der Waals surface area (Å²) in [5.41, 5.74) is 3.41. The van der Waals surface area contributed by atoms with Crippen LogP contribution in [0.3, 0.4) is 0 Å². The largest absolute Gasteiger partial charge is 0.482 e. The van der Waals surface area contributed by atoms with Crippen molar-refractivity contribution >= 4 is 28.6 Å². The minimum atomic E-state index is -0.275. The van der Waals surface area contributed by atoms with Gasteiger partial charge in [0, 0.05) is 17.5 Å². The van der Waals surface area contributed by atoms with E-state index in [1.807, 2.05) is 18.2 Å². The highest BCUT2D eigenvalue weighted by atomic mass is 32.1. The molecule has 0 unspecified atom stereocenters. The van der Waals surface area contributed by atoms with E-state index in [-0.39, 0.29) is 18.3 Å². The van der Waals surface area contributed by atoms with Gasteiger partial charge in [-0.05, 0) is 48.9 Å². The van der Waals surface area contributed by atoms with Gasteiger partial charge >= 0.3 is 0 Å². The van der Waals surface area contributed by atoms with Crippen molar-refractivity contribution in [1.82, 2.24) is 4.57 Å². The van der Waals surface area contributed by atoms with Crippen LogP contribution in [0.1, 0.15) is 19.8 Å². The van der Waals surface area contributed by atoms with Crippen molar-refractivity contribution in [2.75, 3.05) is 11.9 Å². The summed E-state index contributed by atoms with van der Waals surface area (Å²) in [4.78, 5) is 17.2. The number of benzene rings is 2. The van der Waals surface area contributed by atoms with Crippen LogP contribution in [0.5, 0.6) is 5.75 Å². The van der Waals surface area contributed by atoms with Gasteiger partial charge in [0.2, 0.25) is 0 Å². The first-order valence-corrected chi connectivity index (χ1v) is 10.1. The normalized spacial score (nSPS) is 13.8. The van der Waals surface area contributed by atoms with Crippen molar-refractivity contribution < 1.29 is 13.9 Å². The third-order valence-electron chi connectivity index (χ3n) is 4.49. The monoisotopic (exact) mass is 397 g/mol. The summed E-state index contributed by atoms with van der Waals surface area (Å²) in [6, 6.07) is 12.0. The number of nitrogens with one attached hydrogen (secondary N) is 1. The van der Waals surface area contributed by atoms with Crippen molar-refractivity contribution in [3.05, 3.63) is 58.5 Å². The number of hydrogen-bond donors (Lipinski definition) is 1. The van der Waals surface area contributed by atoms with Gasteiger partial charge < -0.3 is 14.6 Å². The van der Waals surface area contributed by atoms with Gasteiger partial charge in [0.05, 0.1) is 17.1 Å². The first kappa shape index (κ1) is 18.4. The Kier molecular flexibility index (Phi) is 5.25. The van der Waals surface area contributed by atoms with E-state index in [1.165, 1.54) is 12.1 Å². The van der Waals surface area contributed by atoms with Crippen LogP contribution in [0.15, 0.2) is 52.8 Å². The van der Waals surface area contributed by atoms with Gasteiger partial charge in [-0.15, -0.1) is 11.3 Å². The van der Waals surface area contributed by atoms with E-state index in [2.05, 4.69) is 22.2 Å². The molecule has 144 valence electrons.